The summed E-state index contributed by atoms with van der Waals surface area (Å²) in [4.78, 5) is 0.740. The number of hydrogen-bond donors (Lipinski definition) is 1. The molecule has 2 atom stereocenters. The van der Waals surface area contributed by atoms with Gasteiger partial charge in [0.25, 0.3) is 0 Å². The van der Waals surface area contributed by atoms with E-state index in [1.165, 1.54) is 11.3 Å². The largest absolute Gasteiger partial charge is 0.311 e. The third kappa shape index (κ3) is 2.03. The average Bonchev–Trinajstić information content (AvgIpc) is 2.72. The predicted octanol–water partition coefficient (Wildman–Crippen LogP) is 3.16. The average molecular weight is 220 g/mol. The molecule has 0 radical (unpaired) electrons. The summed E-state index contributed by atoms with van der Waals surface area (Å²) < 4.78 is 14.4. The number of hydrogen-bond acceptors (Lipinski definition) is 2. The molecule has 0 spiro atoms. The molecule has 1 saturated heterocycles. The first-order valence-corrected chi connectivity index (χ1v) is 5.59. The van der Waals surface area contributed by atoms with Gasteiger partial charge in [0.05, 0.1) is 4.34 Å². The summed E-state index contributed by atoms with van der Waals surface area (Å²) in [5.41, 5.74) is 0. The number of rotatable bonds is 2. The van der Waals surface area contributed by atoms with E-state index in [2.05, 4.69) is 5.32 Å². The number of alkyl halides is 1. The molecule has 1 N–H and O–H groups in total. The maximum Gasteiger partial charge on any atom is 0.149 e. The highest BCUT2D eigenvalue weighted by molar-refractivity contribution is 7.16. The first-order chi connectivity index (χ1) is 6.27. The van der Waals surface area contributed by atoms with Crippen LogP contribution in [0.25, 0.3) is 0 Å². The number of halogens is 2. The topological polar surface area (TPSA) is 12.0 Å². The van der Waals surface area contributed by atoms with Crippen molar-refractivity contribution in [3.8, 4) is 0 Å². The van der Waals surface area contributed by atoms with Gasteiger partial charge in [-0.1, -0.05) is 11.6 Å². The van der Waals surface area contributed by atoms with Crippen LogP contribution in [0.15, 0.2) is 12.1 Å². The molecular weight excluding hydrogens is 209 g/mol. The Balaban J connectivity index is 2.07. The first-order valence-electron chi connectivity index (χ1n) is 4.40. The van der Waals surface area contributed by atoms with Crippen molar-refractivity contribution in [1.82, 2.24) is 5.32 Å². The zero-order chi connectivity index (χ0) is 9.26. The number of nitrogens with one attached hydrogen (secondary N) is 1. The van der Waals surface area contributed by atoms with E-state index >= 15 is 0 Å². The van der Waals surface area contributed by atoms with Crippen molar-refractivity contribution in [1.29, 1.82) is 0 Å². The summed E-state index contributed by atoms with van der Waals surface area (Å²) in [7, 11) is 0. The van der Waals surface area contributed by atoms with Crippen LogP contribution < -0.4 is 5.32 Å². The lowest BCUT2D eigenvalue weighted by Crippen LogP contribution is -2.25. The van der Waals surface area contributed by atoms with Gasteiger partial charge in [0, 0.05) is 10.9 Å². The van der Waals surface area contributed by atoms with Crippen LogP contribution in [-0.2, 0) is 0 Å². The molecule has 72 valence electrons. The van der Waals surface area contributed by atoms with E-state index in [0.29, 0.717) is 4.34 Å². The van der Waals surface area contributed by atoms with Crippen LogP contribution >= 0.6 is 22.9 Å². The van der Waals surface area contributed by atoms with Crippen molar-refractivity contribution in [3.05, 3.63) is 21.3 Å². The van der Waals surface area contributed by atoms with Crippen LogP contribution in [0.4, 0.5) is 4.39 Å². The zero-order valence-corrected chi connectivity index (χ0v) is 8.67. The van der Waals surface area contributed by atoms with Crippen LogP contribution in [0.1, 0.15) is 23.9 Å². The van der Waals surface area contributed by atoms with Gasteiger partial charge >= 0.3 is 0 Å². The summed E-state index contributed by atoms with van der Waals surface area (Å²) in [6.07, 6.45) is 1.11. The fourth-order valence-corrected chi connectivity index (χ4v) is 2.74. The van der Waals surface area contributed by atoms with Crippen LogP contribution in [0.5, 0.6) is 0 Å². The molecule has 1 aromatic rings. The standard InChI is InChI=1S/C9H11ClFNS/c10-8-4-3-7(13-8)9(11)6-2-1-5-12-6/h3-4,6,9,12H,1-2,5H2. The Labute approximate surface area is 85.9 Å². The molecule has 0 amide bonds. The highest BCUT2D eigenvalue weighted by Gasteiger charge is 2.26. The number of thiophene rings is 1. The van der Waals surface area contributed by atoms with Gasteiger partial charge in [0.15, 0.2) is 0 Å². The summed E-state index contributed by atoms with van der Waals surface area (Å²) in [5, 5.41) is 3.15. The van der Waals surface area contributed by atoms with E-state index in [1.54, 1.807) is 12.1 Å². The Kier molecular flexibility index (Phi) is 2.86. The molecule has 1 aliphatic rings. The van der Waals surface area contributed by atoms with Gasteiger partial charge in [-0.25, -0.2) is 4.39 Å². The smallest absolute Gasteiger partial charge is 0.149 e. The van der Waals surface area contributed by atoms with Gasteiger partial charge in [-0.2, -0.15) is 0 Å². The summed E-state index contributed by atoms with van der Waals surface area (Å²) in [6.45, 7) is 0.935. The summed E-state index contributed by atoms with van der Waals surface area (Å²) in [5.74, 6) is 0. The van der Waals surface area contributed by atoms with E-state index in [1.807, 2.05) is 0 Å². The van der Waals surface area contributed by atoms with E-state index in [4.69, 9.17) is 11.6 Å². The van der Waals surface area contributed by atoms with Gasteiger partial charge in [0.1, 0.15) is 6.17 Å². The molecule has 1 aliphatic heterocycles. The minimum Gasteiger partial charge on any atom is -0.311 e. The van der Waals surface area contributed by atoms with E-state index in [-0.39, 0.29) is 6.04 Å². The van der Waals surface area contributed by atoms with E-state index in [0.717, 1.165) is 24.3 Å². The molecule has 0 aromatic carbocycles. The Bertz CT molecular complexity index is 283. The maximum absolute atomic E-state index is 13.7. The molecule has 0 bridgehead atoms. The van der Waals surface area contributed by atoms with Crippen LogP contribution in [0.3, 0.4) is 0 Å². The summed E-state index contributed by atoms with van der Waals surface area (Å²) in [6, 6.07) is 3.52. The molecule has 2 heterocycles. The van der Waals surface area contributed by atoms with Gasteiger partial charge in [-0.15, -0.1) is 11.3 Å². The summed E-state index contributed by atoms with van der Waals surface area (Å²) >= 11 is 7.08. The molecule has 0 saturated carbocycles. The monoisotopic (exact) mass is 219 g/mol. The second kappa shape index (κ2) is 3.95. The second-order valence-electron chi connectivity index (χ2n) is 3.25. The SMILES string of the molecule is FC(c1ccc(Cl)s1)C1CCCN1. The molecule has 2 unspecified atom stereocenters. The fourth-order valence-electron chi connectivity index (χ4n) is 1.64. The lowest BCUT2D eigenvalue weighted by molar-refractivity contribution is 0.276. The lowest BCUT2D eigenvalue weighted by atomic mass is 10.1. The van der Waals surface area contributed by atoms with Gasteiger partial charge in [-0.05, 0) is 31.5 Å². The van der Waals surface area contributed by atoms with Gasteiger partial charge < -0.3 is 5.32 Å². The first kappa shape index (κ1) is 9.44. The third-order valence-corrected chi connectivity index (χ3v) is 3.60. The molecule has 1 fully saturated rings. The normalized spacial score (nSPS) is 24.9. The predicted molar refractivity (Wildman–Crippen MR) is 54.2 cm³/mol. The lowest BCUT2D eigenvalue weighted by Gasteiger charge is -2.13. The van der Waals surface area contributed by atoms with Crippen molar-refractivity contribution in [2.45, 2.75) is 25.1 Å². The third-order valence-electron chi connectivity index (χ3n) is 2.32. The molecule has 2 rings (SSSR count). The molecule has 1 nitrogen and oxygen atoms in total. The van der Waals surface area contributed by atoms with Crippen molar-refractivity contribution in [2.24, 2.45) is 0 Å². The van der Waals surface area contributed by atoms with Gasteiger partial charge in [0.2, 0.25) is 0 Å². The Morgan fingerprint density at radius 3 is 3.00 bits per heavy atom. The quantitative estimate of drug-likeness (QED) is 0.806. The zero-order valence-electron chi connectivity index (χ0n) is 7.09. The maximum atomic E-state index is 13.7. The van der Waals surface area contributed by atoms with Crippen molar-refractivity contribution in [2.75, 3.05) is 6.54 Å². The van der Waals surface area contributed by atoms with E-state index in [9.17, 15) is 4.39 Å². The van der Waals surface area contributed by atoms with E-state index < -0.39 is 6.17 Å². The molecule has 13 heavy (non-hydrogen) atoms. The van der Waals surface area contributed by atoms with Crippen LogP contribution in [0.2, 0.25) is 4.34 Å². The Morgan fingerprint density at radius 1 is 1.62 bits per heavy atom. The van der Waals surface area contributed by atoms with Crippen molar-refractivity contribution < 1.29 is 4.39 Å². The van der Waals surface area contributed by atoms with Crippen molar-refractivity contribution >= 4 is 22.9 Å². The Morgan fingerprint density at radius 2 is 2.46 bits per heavy atom. The molecule has 4 heteroatoms. The fraction of sp³-hybridized carbons (Fsp3) is 0.556. The minimum atomic E-state index is -0.889. The Hall–Kier alpha value is -0.120. The van der Waals surface area contributed by atoms with Crippen molar-refractivity contribution in [3.63, 3.8) is 0 Å². The molecule has 0 aliphatic carbocycles. The highest BCUT2D eigenvalue weighted by atomic mass is 35.5. The highest BCUT2D eigenvalue weighted by Crippen LogP contribution is 2.33. The minimum absolute atomic E-state index is 0.00489. The van der Waals surface area contributed by atoms with Gasteiger partial charge in [-0.3, -0.25) is 0 Å². The second-order valence-corrected chi connectivity index (χ2v) is 4.99. The molecule has 1 aromatic heterocycles. The van der Waals surface area contributed by atoms with Crippen LogP contribution in [0, 0.1) is 0 Å². The molecular formula is C9H11ClFNS. The van der Waals surface area contributed by atoms with Crippen LogP contribution in [-0.4, -0.2) is 12.6 Å².